The highest BCUT2D eigenvalue weighted by molar-refractivity contribution is 6.00. The molecular formula is C21H23NO4. The van der Waals surface area contributed by atoms with Crippen LogP contribution in [0.4, 0.5) is 5.69 Å². The maximum absolute atomic E-state index is 12.2. The van der Waals surface area contributed by atoms with Gasteiger partial charge in [0.25, 0.3) is 0 Å². The van der Waals surface area contributed by atoms with Gasteiger partial charge in [-0.2, -0.15) is 0 Å². The molecule has 5 heteroatoms. The molecule has 2 aromatic rings. The molecule has 0 spiro atoms. The third-order valence-corrected chi connectivity index (χ3v) is 4.05. The Labute approximate surface area is 153 Å². The number of ether oxygens (including phenoxy) is 1. The maximum Gasteiger partial charge on any atom is 0.338 e. The number of esters is 1. The average Bonchev–Trinajstić information content (AvgIpc) is 2.61. The summed E-state index contributed by atoms with van der Waals surface area (Å²) in [5.74, 6) is -1.17. The molecule has 2 aromatic carbocycles. The van der Waals surface area contributed by atoms with Crippen LogP contribution in [0.15, 0.2) is 42.5 Å². The van der Waals surface area contributed by atoms with Crippen molar-refractivity contribution in [3.05, 3.63) is 64.7 Å². The predicted octanol–water partition coefficient (Wildman–Crippen LogP) is 3.94. The summed E-state index contributed by atoms with van der Waals surface area (Å²) in [4.78, 5) is 36.1. The van der Waals surface area contributed by atoms with Gasteiger partial charge in [-0.3, -0.25) is 9.59 Å². The van der Waals surface area contributed by atoms with Crippen molar-refractivity contribution < 1.29 is 19.1 Å². The monoisotopic (exact) mass is 353 g/mol. The van der Waals surface area contributed by atoms with E-state index >= 15 is 0 Å². The number of carbonyl (C=O) groups excluding carboxylic acids is 3. The predicted molar refractivity (Wildman–Crippen MR) is 100 cm³/mol. The van der Waals surface area contributed by atoms with Crippen molar-refractivity contribution in [1.82, 2.24) is 0 Å². The highest BCUT2D eigenvalue weighted by Gasteiger charge is 2.14. The molecule has 1 N–H and O–H groups in total. The molecule has 0 heterocycles. The van der Waals surface area contributed by atoms with Crippen LogP contribution in [-0.2, 0) is 9.53 Å². The lowest BCUT2D eigenvalue weighted by molar-refractivity contribution is -0.118. The van der Waals surface area contributed by atoms with Crippen molar-refractivity contribution >= 4 is 23.3 Å². The molecule has 0 saturated heterocycles. The Bertz CT molecular complexity index is 840. The first-order valence-electron chi connectivity index (χ1n) is 8.46. The van der Waals surface area contributed by atoms with E-state index in [4.69, 9.17) is 4.74 Å². The van der Waals surface area contributed by atoms with E-state index in [2.05, 4.69) is 5.32 Å². The number of aryl methyl sites for hydroxylation is 2. The van der Waals surface area contributed by atoms with E-state index in [1.54, 1.807) is 44.2 Å². The zero-order valence-electron chi connectivity index (χ0n) is 15.5. The smallest absolute Gasteiger partial charge is 0.338 e. The van der Waals surface area contributed by atoms with Crippen LogP contribution in [0.25, 0.3) is 0 Å². The number of nitrogens with one attached hydrogen (secondary N) is 1. The van der Waals surface area contributed by atoms with Crippen LogP contribution in [0.3, 0.4) is 0 Å². The number of carbonyl (C=O) groups is 3. The molecule has 0 saturated carbocycles. The molecule has 1 amide bonds. The van der Waals surface area contributed by atoms with Crippen LogP contribution >= 0.6 is 0 Å². The van der Waals surface area contributed by atoms with Crippen LogP contribution in [0.2, 0.25) is 0 Å². The summed E-state index contributed by atoms with van der Waals surface area (Å²) in [6, 6.07) is 11.8. The Hall–Kier alpha value is -2.95. The molecule has 0 aromatic heterocycles. The second-order valence-corrected chi connectivity index (χ2v) is 6.52. The van der Waals surface area contributed by atoms with Crippen molar-refractivity contribution in [1.29, 1.82) is 0 Å². The molecule has 0 fully saturated rings. The van der Waals surface area contributed by atoms with Gasteiger partial charge in [-0.15, -0.1) is 0 Å². The fourth-order valence-electron chi connectivity index (χ4n) is 2.22. The number of hydrogen-bond acceptors (Lipinski definition) is 4. The van der Waals surface area contributed by atoms with Crippen molar-refractivity contribution in [3.63, 3.8) is 0 Å². The third kappa shape index (κ3) is 5.02. The van der Waals surface area contributed by atoms with Gasteiger partial charge in [0.1, 0.15) is 0 Å². The van der Waals surface area contributed by atoms with Crippen molar-refractivity contribution in [3.8, 4) is 0 Å². The van der Waals surface area contributed by atoms with Gasteiger partial charge in [0.2, 0.25) is 5.91 Å². The first-order chi connectivity index (χ1) is 12.3. The topological polar surface area (TPSA) is 72.5 Å². The summed E-state index contributed by atoms with van der Waals surface area (Å²) in [5.41, 5.74) is 3.41. The summed E-state index contributed by atoms with van der Waals surface area (Å²) in [7, 11) is 0. The van der Waals surface area contributed by atoms with Gasteiger partial charge in [0, 0.05) is 17.2 Å². The van der Waals surface area contributed by atoms with Gasteiger partial charge < -0.3 is 10.1 Å². The minimum absolute atomic E-state index is 0.138. The number of ketones is 1. The molecule has 5 nitrogen and oxygen atoms in total. The van der Waals surface area contributed by atoms with E-state index in [0.29, 0.717) is 11.3 Å². The maximum atomic E-state index is 12.2. The molecule has 0 aliphatic carbocycles. The Morgan fingerprint density at radius 1 is 0.962 bits per heavy atom. The van der Waals surface area contributed by atoms with E-state index < -0.39 is 5.97 Å². The van der Waals surface area contributed by atoms with E-state index in [0.717, 1.165) is 11.1 Å². The Morgan fingerprint density at radius 3 is 2.35 bits per heavy atom. The summed E-state index contributed by atoms with van der Waals surface area (Å²) in [6.07, 6.45) is 0. The molecular weight excluding hydrogens is 330 g/mol. The van der Waals surface area contributed by atoms with Gasteiger partial charge >= 0.3 is 5.97 Å². The van der Waals surface area contributed by atoms with Crippen LogP contribution in [0.1, 0.15) is 45.7 Å². The summed E-state index contributed by atoms with van der Waals surface area (Å²) in [6.45, 7) is 7.13. The number of benzene rings is 2. The number of Topliss-reactive ketones (excluding diaryl/α,β-unsaturated/α-hetero) is 1. The van der Waals surface area contributed by atoms with E-state index in [1.165, 1.54) is 6.07 Å². The summed E-state index contributed by atoms with van der Waals surface area (Å²) < 4.78 is 5.12. The van der Waals surface area contributed by atoms with Crippen molar-refractivity contribution in [2.45, 2.75) is 27.7 Å². The van der Waals surface area contributed by atoms with Gasteiger partial charge in [-0.05, 0) is 49.2 Å². The fourth-order valence-corrected chi connectivity index (χ4v) is 2.22. The lowest BCUT2D eigenvalue weighted by Gasteiger charge is -2.09. The second-order valence-electron chi connectivity index (χ2n) is 6.52. The minimum Gasteiger partial charge on any atom is -0.454 e. The second kappa shape index (κ2) is 8.43. The van der Waals surface area contributed by atoms with Gasteiger partial charge in [-0.1, -0.05) is 32.0 Å². The summed E-state index contributed by atoms with van der Waals surface area (Å²) >= 11 is 0. The molecule has 0 aliphatic heterocycles. The fraction of sp³-hybridized carbons (Fsp3) is 0.286. The molecule has 136 valence electrons. The highest BCUT2D eigenvalue weighted by Crippen LogP contribution is 2.14. The zero-order valence-corrected chi connectivity index (χ0v) is 15.5. The lowest BCUT2D eigenvalue weighted by atomic mass is 10.0. The number of amides is 1. The summed E-state index contributed by atoms with van der Waals surface area (Å²) in [5, 5.41) is 2.73. The van der Waals surface area contributed by atoms with Gasteiger partial charge in [0.05, 0.1) is 5.56 Å². The van der Waals surface area contributed by atoms with E-state index in [1.807, 2.05) is 19.9 Å². The van der Waals surface area contributed by atoms with Crippen LogP contribution in [-0.4, -0.2) is 24.3 Å². The van der Waals surface area contributed by atoms with Gasteiger partial charge in [-0.25, -0.2) is 4.79 Å². The first-order valence-corrected chi connectivity index (χ1v) is 8.46. The number of rotatable bonds is 6. The quantitative estimate of drug-likeness (QED) is 0.631. The van der Waals surface area contributed by atoms with Crippen molar-refractivity contribution in [2.75, 3.05) is 11.9 Å². The molecule has 0 atom stereocenters. The SMILES string of the molecule is Cc1ccc(C(=O)COC(=O)c2cccc(NC(=O)C(C)C)c2)cc1C. The van der Waals surface area contributed by atoms with Crippen LogP contribution < -0.4 is 5.32 Å². The van der Waals surface area contributed by atoms with Crippen molar-refractivity contribution in [2.24, 2.45) is 5.92 Å². The van der Waals surface area contributed by atoms with E-state index in [-0.39, 0.29) is 29.8 Å². The lowest BCUT2D eigenvalue weighted by Crippen LogP contribution is -2.18. The standard InChI is InChI=1S/C21H23NO4/c1-13(2)20(24)22-18-7-5-6-17(11-18)21(25)26-12-19(23)16-9-8-14(3)15(4)10-16/h5-11,13H,12H2,1-4H3,(H,22,24). The number of hydrogen-bond donors (Lipinski definition) is 1. The Kier molecular flexibility index (Phi) is 6.28. The third-order valence-electron chi connectivity index (χ3n) is 4.05. The highest BCUT2D eigenvalue weighted by atomic mass is 16.5. The molecule has 0 radical (unpaired) electrons. The Morgan fingerprint density at radius 2 is 1.69 bits per heavy atom. The molecule has 0 aliphatic rings. The van der Waals surface area contributed by atoms with Crippen LogP contribution in [0, 0.1) is 19.8 Å². The normalized spacial score (nSPS) is 10.5. The van der Waals surface area contributed by atoms with E-state index in [9.17, 15) is 14.4 Å². The molecule has 0 unspecified atom stereocenters. The number of anilines is 1. The molecule has 2 rings (SSSR count). The first kappa shape index (κ1) is 19.4. The minimum atomic E-state index is -0.608. The van der Waals surface area contributed by atoms with Crippen LogP contribution in [0.5, 0.6) is 0 Å². The average molecular weight is 353 g/mol. The largest absolute Gasteiger partial charge is 0.454 e. The van der Waals surface area contributed by atoms with Gasteiger partial charge in [0.15, 0.2) is 12.4 Å². The zero-order chi connectivity index (χ0) is 19.3. The molecule has 26 heavy (non-hydrogen) atoms. The Balaban J connectivity index is 2.00. The molecule has 0 bridgehead atoms.